The van der Waals surface area contributed by atoms with Gasteiger partial charge in [0.15, 0.2) is 0 Å². The molecule has 1 atom stereocenters. The minimum absolute atomic E-state index is 0.177. The number of hydrogen-bond donors (Lipinski definition) is 1. The molecular formula is C13H15F4N. The van der Waals surface area contributed by atoms with Gasteiger partial charge in [0.1, 0.15) is 5.82 Å². The minimum Gasteiger partial charge on any atom is -0.324 e. The van der Waals surface area contributed by atoms with Crippen LogP contribution in [0.1, 0.15) is 42.9 Å². The molecule has 1 nitrogen and oxygen atoms in total. The average Bonchev–Trinajstić information content (AvgIpc) is 2.80. The molecule has 5 heteroatoms. The first-order valence-electron chi connectivity index (χ1n) is 6.02. The van der Waals surface area contributed by atoms with Gasteiger partial charge in [-0.05, 0) is 30.9 Å². The van der Waals surface area contributed by atoms with Gasteiger partial charge in [-0.3, -0.25) is 0 Å². The Balaban J connectivity index is 2.24. The fourth-order valence-electron chi connectivity index (χ4n) is 2.54. The summed E-state index contributed by atoms with van der Waals surface area (Å²) in [5.74, 6) is -0.680. The molecule has 1 fully saturated rings. The lowest BCUT2D eigenvalue weighted by Gasteiger charge is -2.20. The first-order chi connectivity index (χ1) is 8.39. The molecule has 1 aliphatic carbocycles. The highest BCUT2D eigenvalue weighted by atomic mass is 19.4. The van der Waals surface area contributed by atoms with Gasteiger partial charge in [0, 0.05) is 11.6 Å². The van der Waals surface area contributed by atoms with Crippen molar-refractivity contribution in [2.24, 2.45) is 11.7 Å². The molecule has 0 bridgehead atoms. The minimum atomic E-state index is -4.52. The van der Waals surface area contributed by atoms with Gasteiger partial charge in [0.2, 0.25) is 0 Å². The van der Waals surface area contributed by atoms with Crippen LogP contribution >= 0.6 is 0 Å². The van der Waals surface area contributed by atoms with Crippen LogP contribution in [0.15, 0.2) is 18.2 Å². The van der Waals surface area contributed by atoms with Crippen LogP contribution in [-0.4, -0.2) is 0 Å². The maximum atomic E-state index is 13.7. The zero-order chi connectivity index (χ0) is 13.3. The van der Waals surface area contributed by atoms with Gasteiger partial charge >= 0.3 is 6.18 Å². The van der Waals surface area contributed by atoms with Crippen LogP contribution in [0.2, 0.25) is 0 Å². The summed E-state index contributed by atoms with van der Waals surface area (Å²) in [6, 6.07) is 2.09. The van der Waals surface area contributed by atoms with Crippen molar-refractivity contribution >= 4 is 0 Å². The Morgan fingerprint density at radius 1 is 1.17 bits per heavy atom. The summed E-state index contributed by atoms with van der Waals surface area (Å²) in [7, 11) is 0. The standard InChI is InChI=1S/C13H15F4N/c14-11-7-9(13(15,16)17)5-6-10(11)12(18)8-3-1-2-4-8/h5-8,12H,1-4,18H2/t12-/m0/s1. The van der Waals surface area contributed by atoms with Gasteiger partial charge in [-0.25, -0.2) is 4.39 Å². The molecule has 0 saturated heterocycles. The van der Waals surface area contributed by atoms with E-state index >= 15 is 0 Å². The molecular weight excluding hydrogens is 246 g/mol. The van der Waals surface area contributed by atoms with Crippen LogP contribution in [0, 0.1) is 11.7 Å². The predicted molar refractivity (Wildman–Crippen MR) is 60.3 cm³/mol. The quantitative estimate of drug-likeness (QED) is 0.799. The molecule has 2 rings (SSSR count). The summed E-state index contributed by atoms with van der Waals surface area (Å²) in [6.07, 6.45) is -0.568. The third-order valence-electron chi connectivity index (χ3n) is 3.59. The fraction of sp³-hybridized carbons (Fsp3) is 0.538. The summed E-state index contributed by atoms with van der Waals surface area (Å²) >= 11 is 0. The number of hydrogen-bond acceptors (Lipinski definition) is 1. The van der Waals surface area contributed by atoms with Crippen LogP contribution in [0.5, 0.6) is 0 Å². The number of rotatable bonds is 2. The van der Waals surface area contributed by atoms with E-state index < -0.39 is 23.6 Å². The molecule has 1 aromatic rings. The van der Waals surface area contributed by atoms with Gasteiger partial charge in [-0.15, -0.1) is 0 Å². The zero-order valence-corrected chi connectivity index (χ0v) is 9.80. The van der Waals surface area contributed by atoms with E-state index in [0.29, 0.717) is 6.07 Å². The summed E-state index contributed by atoms with van der Waals surface area (Å²) < 4.78 is 50.9. The van der Waals surface area contributed by atoms with Gasteiger partial charge in [0.05, 0.1) is 5.56 Å². The highest BCUT2D eigenvalue weighted by molar-refractivity contribution is 5.29. The highest BCUT2D eigenvalue weighted by Crippen LogP contribution is 2.36. The van der Waals surface area contributed by atoms with Crippen molar-refractivity contribution in [3.63, 3.8) is 0 Å². The Bertz CT molecular complexity index is 421. The largest absolute Gasteiger partial charge is 0.416 e. The molecule has 0 spiro atoms. The van der Waals surface area contributed by atoms with Crippen LogP contribution in [-0.2, 0) is 6.18 Å². The third-order valence-corrected chi connectivity index (χ3v) is 3.59. The molecule has 1 aromatic carbocycles. The lowest BCUT2D eigenvalue weighted by Crippen LogP contribution is -2.21. The van der Waals surface area contributed by atoms with Crippen LogP contribution in [0.25, 0.3) is 0 Å². The Morgan fingerprint density at radius 2 is 1.78 bits per heavy atom. The lowest BCUT2D eigenvalue weighted by atomic mass is 9.91. The summed E-state index contributed by atoms with van der Waals surface area (Å²) in [5.41, 5.74) is 5.16. The normalized spacial score (nSPS) is 19.2. The topological polar surface area (TPSA) is 26.0 Å². The van der Waals surface area contributed by atoms with Gasteiger partial charge in [-0.1, -0.05) is 18.9 Å². The second kappa shape index (κ2) is 4.88. The zero-order valence-electron chi connectivity index (χ0n) is 9.80. The summed E-state index contributed by atoms with van der Waals surface area (Å²) in [5, 5.41) is 0. The number of halogens is 4. The maximum absolute atomic E-state index is 13.7. The molecule has 0 radical (unpaired) electrons. The van der Waals surface area contributed by atoms with E-state index in [1.807, 2.05) is 0 Å². The summed E-state index contributed by atoms with van der Waals surface area (Å²) in [4.78, 5) is 0. The number of nitrogens with two attached hydrogens (primary N) is 1. The van der Waals surface area contributed by atoms with E-state index in [2.05, 4.69) is 0 Å². The fourth-order valence-corrected chi connectivity index (χ4v) is 2.54. The molecule has 0 unspecified atom stereocenters. The van der Waals surface area contributed by atoms with Crippen LogP contribution in [0.4, 0.5) is 17.6 Å². The summed E-state index contributed by atoms with van der Waals surface area (Å²) in [6.45, 7) is 0. The third kappa shape index (κ3) is 2.66. The molecule has 100 valence electrons. The monoisotopic (exact) mass is 261 g/mol. The van der Waals surface area contributed by atoms with Gasteiger partial charge in [0.25, 0.3) is 0 Å². The van der Waals surface area contributed by atoms with Crippen molar-refractivity contribution in [2.75, 3.05) is 0 Å². The van der Waals surface area contributed by atoms with Crippen molar-refractivity contribution in [2.45, 2.75) is 37.9 Å². The van der Waals surface area contributed by atoms with E-state index in [4.69, 9.17) is 5.73 Å². The van der Waals surface area contributed by atoms with E-state index in [0.717, 1.165) is 31.7 Å². The van der Waals surface area contributed by atoms with Gasteiger partial charge < -0.3 is 5.73 Å². The molecule has 0 aromatic heterocycles. The average molecular weight is 261 g/mol. The van der Waals surface area contributed by atoms with E-state index in [1.54, 1.807) is 0 Å². The van der Waals surface area contributed by atoms with E-state index in [1.165, 1.54) is 6.07 Å². The smallest absolute Gasteiger partial charge is 0.324 e. The molecule has 0 heterocycles. The first kappa shape index (κ1) is 13.3. The molecule has 0 amide bonds. The SMILES string of the molecule is N[C@H](c1ccc(C(F)(F)F)cc1F)C1CCCC1. The lowest BCUT2D eigenvalue weighted by molar-refractivity contribution is -0.137. The van der Waals surface area contributed by atoms with E-state index in [-0.39, 0.29) is 11.5 Å². The first-order valence-corrected chi connectivity index (χ1v) is 6.02. The van der Waals surface area contributed by atoms with E-state index in [9.17, 15) is 17.6 Å². The second-order valence-corrected chi connectivity index (χ2v) is 4.80. The molecule has 18 heavy (non-hydrogen) atoms. The Kier molecular flexibility index (Phi) is 3.61. The molecule has 1 saturated carbocycles. The van der Waals surface area contributed by atoms with Crippen LogP contribution in [0.3, 0.4) is 0 Å². The predicted octanol–water partition coefficient (Wildman–Crippen LogP) is 4.03. The highest BCUT2D eigenvalue weighted by Gasteiger charge is 2.32. The maximum Gasteiger partial charge on any atom is 0.416 e. The molecule has 2 N–H and O–H groups in total. The Hall–Kier alpha value is -1.10. The Morgan fingerprint density at radius 3 is 2.28 bits per heavy atom. The van der Waals surface area contributed by atoms with Crippen molar-refractivity contribution in [3.05, 3.63) is 35.1 Å². The van der Waals surface area contributed by atoms with Crippen molar-refractivity contribution in [1.82, 2.24) is 0 Å². The van der Waals surface area contributed by atoms with Crippen molar-refractivity contribution in [3.8, 4) is 0 Å². The van der Waals surface area contributed by atoms with Crippen LogP contribution < -0.4 is 5.73 Å². The number of benzene rings is 1. The second-order valence-electron chi connectivity index (χ2n) is 4.80. The van der Waals surface area contributed by atoms with Gasteiger partial charge in [-0.2, -0.15) is 13.2 Å². The van der Waals surface area contributed by atoms with Crippen molar-refractivity contribution in [1.29, 1.82) is 0 Å². The Labute approximate surface area is 103 Å². The number of alkyl halides is 3. The van der Waals surface area contributed by atoms with Crippen molar-refractivity contribution < 1.29 is 17.6 Å². The molecule has 1 aliphatic rings. The molecule has 0 aliphatic heterocycles.